The van der Waals surface area contributed by atoms with Crippen LogP contribution in [0.3, 0.4) is 0 Å². The third kappa shape index (κ3) is 3.47. The topological polar surface area (TPSA) is 123 Å². The predicted molar refractivity (Wildman–Crippen MR) is 68.7 cm³/mol. The number of halogens is 2. The van der Waals surface area contributed by atoms with Gasteiger partial charge in [0.05, 0.1) is 10.6 Å². The molecule has 0 aliphatic carbocycles. The van der Waals surface area contributed by atoms with E-state index < -0.39 is 38.5 Å². The van der Waals surface area contributed by atoms with Gasteiger partial charge in [-0.15, -0.1) is 0 Å². The first-order chi connectivity index (χ1) is 8.48. The van der Waals surface area contributed by atoms with Gasteiger partial charge in [-0.3, -0.25) is 10.1 Å². The van der Waals surface area contributed by atoms with Crippen molar-refractivity contribution in [3.63, 3.8) is 0 Å². The Morgan fingerprint density at radius 3 is 1.89 bits per heavy atom. The Morgan fingerprint density at radius 1 is 1.11 bits per heavy atom. The third-order valence-electron chi connectivity index (χ3n) is 2.05. The van der Waals surface area contributed by atoms with E-state index in [0.29, 0.717) is 6.07 Å². The Balaban J connectivity index is 3.88. The zero-order valence-corrected chi connectivity index (χ0v) is 12.3. The molecule has 0 amide bonds. The molecule has 0 unspecified atom stereocenters. The second-order valence-electron chi connectivity index (χ2n) is 3.20. The maximum Gasteiger partial charge on any atom is 0.291 e. The maximum atomic E-state index is 11.3. The predicted octanol–water partition coefficient (Wildman–Crippen LogP) is 1.49. The molecule has 1 aromatic carbocycles. The standard InChI is InChI=1S/C7H6Cl2N2O6S2/c1-10-4-2-5(11(12)13)7(19(9,16)17)3-6(4)18(8,14)15/h2-3,10H,1H3. The molecule has 0 aromatic heterocycles. The van der Waals surface area contributed by atoms with E-state index in [4.69, 9.17) is 21.4 Å². The number of nitrogens with zero attached hydrogens (tertiary/aromatic N) is 1. The summed E-state index contributed by atoms with van der Waals surface area (Å²) in [6.45, 7) is 0. The fraction of sp³-hybridized carbons (Fsp3) is 0.143. The number of nitrogens with one attached hydrogen (secondary N) is 1. The molecule has 0 saturated heterocycles. The summed E-state index contributed by atoms with van der Waals surface area (Å²) in [5, 5.41) is 13.1. The number of benzene rings is 1. The van der Waals surface area contributed by atoms with Gasteiger partial charge >= 0.3 is 0 Å². The lowest BCUT2D eigenvalue weighted by Crippen LogP contribution is -2.05. The molecule has 0 atom stereocenters. The van der Waals surface area contributed by atoms with Gasteiger partial charge in [0.1, 0.15) is 4.90 Å². The Labute approximate surface area is 117 Å². The van der Waals surface area contributed by atoms with Crippen LogP contribution in [0.25, 0.3) is 0 Å². The van der Waals surface area contributed by atoms with E-state index >= 15 is 0 Å². The average Bonchev–Trinajstić information content (AvgIpc) is 2.24. The van der Waals surface area contributed by atoms with Gasteiger partial charge in [0.2, 0.25) is 0 Å². The van der Waals surface area contributed by atoms with Crippen LogP contribution >= 0.6 is 21.4 Å². The first-order valence-electron chi connectivity index (χ1n) is 4.38. The van der Waals surface area contributed by atoms with E-state index in [1.54, 1.807) is 0 Å². The normalized spacial score (nSPS) is 12.2. The van der Waals surface area contributed by atoms with E-state index in [1.807, 2.05) is 0 Å². The minimum Gasteiger partial charge on any atom is -0.387 e. The van der Waals surface area contributed by atoms with Crippen molar-refractivity contribution in [2.45, 2.75) is 9.79 Å². The lowest BCUT2D eigenvalue weighted by Gasteiger charge is -2.08. The number of nitro groups is 1. The second kappa shape index (κ2) is 5.12. The number of hydrogen-bond donors (Lipinski definition) is 1. The molecule has 8 nitrogen and oxygen atoms in total. The highest BCUT2D eigenvalue weighted by molar-refractivity contribution is 8.14. The molecular formula is C7H6Cl2N2O6S2. The van der Waals surface area contributed by atoms with Crippen LogP contribution in [0.15, 0.2) is 21.9 Å². The van der Waals surface area contributed by atoms with Gasteiger partial charge in [-0.2, -0.15) is 0 Å². The number of anilines is 1. The van der Waals surface area contributed by atoms with Crippen molar-refractivity contribution in [2.24, 2.45) is 0 Å². The lowest BCUT2D eigenvalue weighted by atomic mass is 10.3. The van der Waals surface area contributed by atoms with Gasteiger partial charge in [-0.1, -0.05) is 0 Å². The summed E-state index contributed by atoms with van der Waals surface area (Å²) in [5.74, 6) is 0. The van der Waals surface area contributed by atoms with Crippen molar-refractivity contribution < 1.29 is 21.8 Å². The van der Waals surface area contributed by atoms with E-state index in [9.17, 15) is 26.9 Å². The second-order valence-corrected chi connectivity index (χ2v) is 8.27. The van der Waals surface area contributed by atoms with Crippen LogP contribution in [-0.4, -0.2) is 28.8 Å². The van der Waals surface area contributed by atoms with Crippen LogP contribution in [0, 0.1) is 10.1 Å². The van der Waals surface area contributed by atoms with Gasteiger partial charge in [0, 0.05) is 34.5 Å². The molecule has 0 aliphatic rings. The molecule has 0 radical (unpaired) electrons. The van der Waals surface area contributed by atoms with E-state index in [-0.39, 0.29) is 5.69 Å². The molecule has 0 aliphatic heterocycles. The van der Waals surface area contributed by atoms with E-state index in [1.165, 1.54) is 7.05 Å². The van der Waals surface area contributed by atoms with Gasteiger partial charge in [0.15, 0.2) is 4.90 Å². The summed E-state index contributed by atoms with van der Waals surface area (Å²) < 4.78 is 45.1. The van der Waals surface area contributed by atoms with Crippen molar-refractivity contribution in [1.29, 1.82) is 0 Å². The summed E-state index contributed by atoms with van der Waals surface area (Å²) in [7, 11) is 2.63. The Hall–Kier alpha value is -1.10. The zero-order valence-electron chi connectivity index (χ0n) is 9.12. The molecule has 1 aromatic rings. The Kier molecular flexibility index (Phi) is 4.30. The summed E-state index contributed by atoms with van der Waals surface area (Å²) in [4.78, 5) is 8.20. The summed E-state index contributed by atoms with van der Waals surface area (Å²) >= 11 is 0. The molecule has 12 heteroatoms. The van der Waals surface area contributed by atoms with Crippen LogP contribution in [-0.2, 0) is 18.1 Å². The SMILES string of the molecule is CNc1cc([N+](=O)[O-])c(S(=O)(=O)Cl)cc1S(=O)(=O)Cl. The quantitative estimate of drug-likeness (QED) is 0.496. The van der Waals surface area contributed by atoms with Gasteiger partial charge in [0.25, 0.3) is 23.8 Å². The fourth-order valence-electron chi connectivity index (χ4n) is 1.28. The van der Waals surface area contributed by atoms with Crippen LogP contribution in [0.2, 0.25) is 0 Å². The summed E-state index contributed by atoms with van der Waals surface area (Å²) in [6, 6.07) is 1.26. The Morgan fingerprint density at radius 2 is 1.58 bits per heavy atom. The van der Waals surface area contributed by atoms with Crippen LogP contribution in [0.4, 0.5) is 11.4 Å². The molecule has 106 valence electrons. The maximum absolute atomic E-state index is 11.3. The van der Waals surface area contributed by atoms with Crippen molar-refractivity contribution in [2.75, 3.05) is 12.4 Å². The van der Waals surface area contributed by atoms with Crippen LogP contribution in [0.5, 0.6) is 0 Å². The molecule has 1 N–H and O–H groups in total. The molecule has 19 heavy (non-hydrogen) atoms. The first kappa shape index (κ1) is 16.0. The minimum absolute atomic E-state index is 0.217. The molecule has 1 rings (SSSR count). The minimum atomic E-state index is -4.51. The Bertz CT molecular complexity index is 743. The van der Waals surface area contributed by atoms with Crippen molar-refractivity contribution in [3.05, 3.63) is 22.2 Å². The molecular weight excluding hydrogens is 343 g/mol. The average molecular weight is 349 g/mol. The number of rotatable bonds is 4. The smallest absolute Gasteiger partial charge is 0.291 e. The number of nitro benzene ring substituents is 1. The third-order valence-corrected chi connectivity index (χ3v) is 4.77. The largest absolute Gasteiger partial charge is 0.387 e. The first-order valence-corrected chi connectivity index (χ1v) is 9.00. The van der Waals surface area contributed by atoms with Gasteiger partial charge in [-0.05, 0) is 6.07 Å². The van der Waals surface area contributed by atoms with E-state index in [0.717, 1.165) is 6.07 Å². The summed E-state index contributed by atoms with van der Waals surface area (Å²) in [6.07, 6.45) is 0. The highest BCUT2D eigenvalue weighted by atomic mass is 35.7. The monoisotopic (exact) mass is 348 g/mol. The van der Waals surface area contributed by atoms with Crippen molar-refractivity contribution in [3.8, 4) is 0 Å². The van der Waals surface area contributed by atoms with Gasteiger partial charge < -0.3 is 5.32 Å². The lowest BCUT2D eigenvalue weighted by molar-refractivity contribution is -0.387. The molecule has 0 spiro atoms. The van der Waals surface area contributed by atoms with Gasteiger partial charge in [-0.25, -0.2) is 16.8 Å². The number of hydrogen-bond acceptors (Lipinski definition) is 7. The molecule has 0 bridgehead atoms. The van der Waals surface area contributed by atoms with E-state index in [2.05, 4.69) is 5.32 Å². The molecule has 0 heterocycles. The highest BCUT2D eigenvalue weighted by Gasteiger charge is 2.29. The highest BCUT2D eigenvalue weighted by Crippen LogP contribution is 2.35. The molecule has 0 fully saturated rings. The molecule has 0 saturated carbocycles. The van der Waals surface area contributed by atoms with Crippen LogP contribution < -0.4 is 5.32 Å². The van der Waals surface area contributed by atoms with Crippen molar-refractivity contribution in [1.82, 2.24) is 0 Å². The summed E-state index contributed by atoms with van der Waals surface area (Å²) in [5.41, 5.74) is -1.07. The van der Waals surface area contributed by atoms with Crippen LogP contribution in [0.1, 0.15) is 0 Å². The fourth-order valence-corrected chi connectivity index (χ4v) is 3.44. The zero-order chi connectivity index (χ0) is 15.0. The van der Waals surface area contributed by atoms with Crippen molar-refractivity contribution >= 4 is 50.8 Å².